The van der Waals surface area contributed by atoms with Crippen LogP contribution in [0.1, 0.15) is 17.4 Å². The van der Waals surface area contributed by atoms with Crippen LogP contribution in [0.2, 0.25) is 0 Å². The van der Waals surface area contributed by atoms with Crippen molar-refractivity contribution in [3.8, 4) is 10.6 Å². The highest BCUT2D eigenvalue weighted by Crippen LogP contribution is 2.30. The average molecular weight is 249 g/mol. The Balaban J connectivity index is 2.44. The largest absolute Gasteiger partial charge is 0.461 e. The third-order valence-electron chi connectivity index (χ3n) is 2.01. The number of anilines is 1. The maximum atomic E-state index is 11.7. The molecule has 0 unspecified atom stereocenters. The van der Waals surface area contributed by atoms with Crippen molar-refractivity contribution < 1.29 is 9.53 Å². The number of thiazole rings is 1. The lowest BCUT2D eigenvalue weighted by Gasteiger charge is -2.01. The van der Waals surface area contributed by atoms with Crippen LogP contribution < -0.4 is 5.73 Å². The Bertz CT molecular complexity index is 525. The Morgan fingerprint density at radius 1 is 1.53 bits per heavy atom. The molecule has 2 N–H and O–H groups in total. The maximum Gasteiger partial charge on any atom is 0.358 e. The number of rotatable bonds is 3. The van der Waals surface area contributed by atoms with Crippen molar-refractivity contribution in [3.63, 3.8) is 0 Å². The first-order valence-electron chi connectivity index (χ1n) is 5.07. The third-order valence-corrected chi connectivity index (χ3v) is 2.92. The van der Waals surface area contributed by atoms with Gasteiger partial charge < -0.3 is 10.5 Å². The van der Waals surface area contributed by atoms with Crippen LogP contribution in [0.4, 0.5) is 5.13 Å². The fourth-order valence-electron chi connectivity index (χ4n) is 1.35. The zero-order chi connectivity index (χ0) is 12.3. The van der Waals surface area contributed by atoms with Gasteiger partial charge in [-0.1, -0.05) is 17.4 Å². The SMILES string of the molecule is CCOC(=O)c1nc(N)sc1-c1ccccn1. The van der Waals surface area contributed by atoms with Crippen molar-refractivity contribution in [2.45, 2.75) is 6.92 Å². The molecule has 88 valence electrons. The number of carbonyl (C=O) groups excluding carboxylic acids is 1. The van der Waals surface area contributed by atoms with E-state index in [1.165, 1.54) is 11.3 Å². The van der Waals surface area contributed by atoms with Gasteiger partial charge in [0.15, 0.2) is 10.8 Å². The predicted octanol–water partition coefficient (Wildman–Crippen LogP) is 1.96. The number of hydrogen-bond acceptors (Lipinski definition) is 6. The van der Waals surface area contributed by atoms with Gasteiger partial charge in [-0.05, 0) is 19.1 Å². The number of hydrogen-bond donors (Lipinski definition) is 1. The van der Waals surface area contributed by atoms with E-state index in [9.17, 15) is 4.79 Å². The smallest absolute Gasteiger partial charge is 0.358 e. The third kappa shape index (κ3) is 2.42. The van der Waals surface area contributed by atoms with Gasteiger partial charge >= 0.3 is 5.97 Å². The summed E-state index contributed by atoms with van der Waals surface area (Å²) in [7, 11) is 0. The predicted molar refractivity (Wildman–Crippen MR) is 65.7 cm³/mol. The van der Waals surface area contributed by atoms with E-state index in [1.54, 1.807) is 25.3 Å². The fraction of sp³-hybridized carbons (Fsp3) is 0.182. The number of carbonyl (C=O) groups is 1. The van der Waals surface area contributed by atoms with Crippen molar-refractivity contribution in [2.75, 3.05) is 12.3 Å². The summed E-state index contributed by atoms with van der Waals surface area (Å²) in [6.07, 6.45) is 1.65. The molecule has 2 rings (SSSR count). The number of nitrogens with zero attached hydrogens (tertiary/aromatic N) is 2. The van der Waals surface area contributed by atoms with E-state index in [0.29, 0.717) is 22.3 Å². The van der Waals surface area contributed by atoms with Gasteiger partial charge in [0, 0.05) is 6.20 Å². The van der Waals surface area contributed by atoms with Crippen molar-refractivity contribution in [3.05, 3.63) is 30.1 Å². The average Bonchev–Trinajstić information content (AvgIpc) is 2.73. The summed E-state index contributed by atoms with van der Waals surface area (Å²) in [6.45, 7) is 2.05. The summed E-state index contributed by atoms with van der Waals surface area (Å²) in [6, 6.07) is 5.45. The second-order valence-corrected chi connectivity index (χ2v) is 4.20. The summed E-state index contributed by atoms with van der Waals surface area (Å²) in [4.78, 5) is 20.5. The van der Waals surface area contributed by atoms with Gasteiger partial charge in [-0.2, -0.15) is 0 Å². The van der Waals surface area contributed by atoms with Crippen LogP contribution in [-0.4, -0.2) is 22.5 Å². The minimum atomic E-state index is -0.471. The molecule has 0 atom stereocenters. The van der Waals surface area contributed by atoms with Gasteiger partial charge in [0.1, 0.15) is 0 Å². The maximum absolute atomic E-state index is 11.7. The fourth-order valence-corrected chi connectivity index (χ4v) is 2.14. The highest BCUT2D eigenvalue weighted by Gasteiger charge is 2.20. The molecule has 0 aromatic carbocycles. The molecule has 0 radical (unpaired) electrons. The van der Waals surface area contributed by atoms with E-state index in [4.69, 9.17) is 10.5 Å². The molecule has 0 aliphatic carbocycles. The van der Waals surface area contributed by atoms with Crippen LogP contribution in [0.5, 0.6) is 0 Å². The van der Waals surface area contributed by atoms with Gasteiger partial charge in [0.25, 0.3) is 0 Å². The molecule has 0 aliphatic rings. The highest BCUT2D eigenvalue weighted by atomic mass is 32.1. The summed E-state index contributed by atoms with van der Waals surface area (Å²) in [5.74, 6) is -0.471. The molecular formula is C11H11N3O2S. The lowest BCUT2D eigenvalue weighted by atomic mass is 10.2. The number of nitrogen functional groups attached to an aromatic ring is 1. The zero-order valence-electron chi connectivity index (χ0n) is 9.21. The Morgan fingerprint density at radius 3 is 3.00 bits per heavy atom. The molecule has 0 bridgehead atoms. The number of esters is 1. The van der Waals surface area contributed by atoms with Gasteiger partial charge in [0.05, 0.1) is 17.2 Å². The quantitative estimate of drug-likeness (QED) is 0.841. The van der Waals surface area contributed by atoms with Crippen LogP contribution >= 0.6 is 11.3 Å². The van der Waals surface area contributed by atoms with Crippen LogP contribution in [0.25, 0.3) is 10.6 Å². The van der Waals surface area contributed by atoms with Crippen molar-refractivity contribution in [1.82, 2.24) is 9.97 Å². The minimum absolute atomic E-state index is 0.230. The first-order chi connectivity index (χ1) is 8.22. The van der Waals surface area contributed by atoms with Gasteiger partial charge in [-0.25, -0.2) is 9.78 Å². The van der Waals surface area contributed by atoms with Crippen molar-refractivity contribution in [2.24, 2.45) is 0 Å². The highest BCUT2D eigenvalue weighted by molar-refractivity contribution is 7.19. The van der Waals surface area contributed by atoms with E-state index in [1.807, 2.05) is 6.07 Å². The molecule has 6 heteroatoms. The van der Waals surface area contributed by atoms with Crippen molar-refractivity contribution in [1.29, 1.82) is 0 Å². The number of aromatic nitrogens is 2. The standard InChI is InChI=1S/C11H11N3O2S/c1-2-16-10(15)8-9(17-11(12)14-8)7-5-3-4-6-13-7/h3-6H,2H2,1H3,(H2,12,14). The normalized spacial score (nSPS) is 10.2. The molecule has 0 aliphatic heterocycles. The lowest BCUT2D eigenvalue weighted by Crippen LogP contribution is -2.06. The molecular weight excluding hydrogens is 238 g/mol. The molecule has 5 nitrogen and oxygen atoms in total. The molecule has 0 spiro atoms. The second kappa shape index (κ2) is 4.92. The van der Waals surface area contributed by atoms with Crippen LogP contribution in [-0.2, 0) is 4.74 Å². The van der Waals surface area contributed by atoms with Gasteiger partial charge in [0.2, 0.25) is 0 Å². The summed E-state index contributed by atoms with van der Waals surface area (Å²) < 4.78 is 4.93. The Labute approximate surface area is 102 Å². The van der Waals surface area contributed by atoms with Gasteiger partial charge in [-0.15, -0.1) is 0 Å². The Morgan fingerprint density at radius 2 is 2.35 bits per heavy atom. The van der Waals surface area contributed by atoms with Crippen molar-refractivity contribution >= 4 is 22.4 Å². The summed E-state index contributed by atoms with van der Waals surface area (Å²) in [5, 5.41) is 0.328. The molecule has 0 saturated carbocycles. The number of pyridine rings is 1. The lowest BCUT2D eigenvalue weighted by molar-refractivity contribution is 0.0521. The molecule has 2 aromatic rings. The Hall–Kier alpha value is -1.95. The number of nitrogens with two attached hydrogens (primary N) is 1. The second-order valence-electron chi connectivity index (χ2n) is 3.17. The monoisotopic (exact) mass is 249 g/mol. The summed E-state index contributed by atoms with van der Waals surface area (Å²) >= 11 is 1.22. The Kier molecular flexibility index (Phi) is 3.34. The summed E-state index contributed by atoms with van der Waals surface area (Å²) in [5.41, 5.74) is 6.52. The molecule has 0 saturated heterocycles. The van der Waals surface area contributed by atoms with E-state index in [-0.39, 0.29) is 5.69 Å². The topological polar surface area (TPSA) is 78.1 Å². The first-order valence-corrected chi connectivity index (χ1v) is 5.89. The molecule has 17 heavy (non-hydrogen) atoms. The van der Waals surface area contributed by atoms with E-state index >= 15 is 0 Å². The molecule has 2 aromatic heterocycles. The minimum Gasteiger partial charge on any atom is -0.461 e. The van der Waals surface area contributed by atoms with E-state index < -0.39 is 5.97 Å². The number of ether oxygens (including phenoxy) is 1. The van der Waals surface area contributed by atoms with E-state index in [2.05, 4.69) is 9.97 Å². The van der Waals surface area contributed by atoms with Crippen LogP contribution in [0.3, 0.4) is 0 Å². The molecule has 0 fully saturated rings. The molecule has 2 heterocycles. The van der Waals surface area contributed by atoms with Gasteiger partial charge in [-0.3, -0.25) is 4.98 Å². The first kappa shape index (κ1) is 11.5. The van der Waals surface area contributed by atoms with E-state index in [0.717, 1.165) is 0 Å². The molecule has 0 amide bonds. The van der Waals surface area contributed by atoms with Crippen LogP contribution in [0, 0.1) is 0 Å². The van der Waals surface area contributed by atoms with Crippen LogP contribution in [0.15, 0.2) is 24.4 Å². The zero-order valence-corrected chi connectivity index (χ0v) is 10.0.